The van der Waals surface area contributed by atoms with E-state index in [1.165, 1.54) is 0 Å². The molecule has 0 bridgehead atoms. The molecule has 94 valence electrons. The van der Waals surface area contributed by atoms with Crippen LogP contribution in [-0.2, 0) is 18.9 Å². The Bertz CT molecular complexity index is 260. The predicted molar refractivity (Wildman–Crippen MR) is 61.4 cm³/mol. The van der Waals surface area contributed by atoms with Gasteiger partial charge in [-0.3, -0.25) is 9.59 Å². The van der Waals surface area contributed by atoms with Crippen molar-refractivity contribution >= 4 is 19.6 Å². The fraction of sp³-hybridized carbons (Fsp3) is 0.800. The largest absolute Gasteiger partial charge is 0.580 e. The van der Waals surface area contributed by atoms with Gasteiger partial charge in [-0.05, 0) is 38.8 Å². The van der Waals surface area contributed by atoms with E-state index >= 15 is 0 Å². The summed E-state index contributed by atoms with van der Waals surface area (Å²) in [5.41, 5.74) is 0. The van der Waals surface area contributed by atoms with Crippen molar-refractivity contribution in [2.75, 3.05) is 13.1 Å². The van der Waals surface area contributed by atoms with E-state index in [0.29, 0.717) is 0 Å². The van der Waals surface area contributed by atoms with Gasteiger partial charge in [0.2, 0.25) is 0 Å². The Morgan fingerprint density at radius 1 is 0.941 bits per heavy atom. The van der Waals surface area contributed by atoms with Gasteiger partial charge in [0.05, 0.1) is 0 Å². The lowest BCUT2D eigenvalue weighted by Crippen LogP contribution is -2.36. The number of carbonyl (C=O) groups excluding carboxylic acids is 2. The van der Waals surface area contributed by atoms with Crippen LogP contribution in [0.5, 0.6) is 0 Å². The molecule has 0 aromatic carbocycles. The van der Waals surface area contributed by atoms with Gasteiger partial charge in [-0.1, -0.05) is 0 Å². The third kappa shape index (κ3) is 3.44. The Balaban J connectivity index is 1.61. The van der Waals surface area contributed by atoms with Gasteiger partial charge >= 0.3 is 19.6 Å². The summed E-state index contributed by atoms with van der Waals surface area (Å²) >= 11 is 0. The molecule has 2 heterocycles. The Kier molecular flexibility index (Phi) is 4.39. The molecular formula is C10H17BN2O4. The highest BCUT2D eigenvalue weighted by Crippen LogP contribution is 2.07. The predicted octanol–water partition coefficient (Wildman–Crippen LogP) is -1.16. The lowest BCUT2D eigenvalue weighted by molar-refractivity contribution is -0.141. The molecule has 0 amide bonds. The Morgan fingerprint density at radius 3 is 1.76 bits per heavy atom. The first-order valence-corrected chi connectivity index (χ1v) is 6.07. The number of nitrogens with one attached hydrogen (secondary N) is 2. The molecule has 2 saturated heterocycles. The first-order valence-electron chi connectivity index (χ1n) is 6.07. The number of rotatable bonds is 4. The van der Waals surface area contributed by atoms with Crippen LogP contribution >= 0.6 is 0 Å². The molecule has 0 radical (unpaired) electrons. The fourth-order valence-corrected chi connectivity index (χ4v) is 2.12. The molecule has 7 heteroatoms. The van der Waals surface area contributed by atoms with E-state index in [1.807, 2.05) is 0 Å². The van der Waals surface area contributed by atoms with Gasteiger partial charge < -0.3 is 19.9 Å². The van der Waals surface area contributed by atoms with Crippen molar-refractivity contribution in [2.45, 2.75) is 37.8 Å². The number of hydrogen-bond acceptors (Lipinski definition) is 6. The maximum Gasteiger partial charge on any atom is 0.580 e. The molecule has 0 saturated carbocycles. The second-order valence-electron chi connectivity index (χ2n) is 4.34. The van der Waals surface area contributed by atoms with E-state index in [9.17, 15) is 9.59 Å². The summed E-state index contributed by atoms with van der Waals surface area (Å²) in [4.78, 5) is 22.9. The van der Waals surface area contributed by atoms with Gasteiger partial charge in [0, 0.05) is 0 Å². The molecule has 0 aliphatic carbocycles. The van der Waals surface area contributed by atoms with Gasteiger partial charge in [0.25, 0.3) is 0 Å². The standard InChI is InChI=1S/C10H17BN2O4/c14-9(7-3-1-5-12-7)16-11-17-10(15)8-4-2-6-13-8/h7-8,11-13H,1-6H2/t7-,8-/m0/s1. The SMILES string of the molecule is O=C(OBOC(=O)[C@@H]1CCCN1)[C@@H]1CCCN1. The van der Waals surface area contributed by atoms with Crippen molar-refractivity contribution in [1.29, 1.82) is 0 Å². The van der Waals surface area contributed by atoms with Crippen molar-refractivity contribution in [3.63, 3.8) is 0 Å². The Labute approximate surface area is 101 Å². The molecule has 2 aliphatic heterocycles. The molecule has 0 aromatic heterocycles. The van der Waals surface area contributed by atoms with E-state index in [4.69, 9.17) is 9.31 Å². The van der Waals surface area contributed by atoms with Crippen molar-refractivity contribution in [2.24, 2.45) is 0 Å². The molecule has 2 atom stereocenters. The molecule has 2 rings (SSSR count). The van der Waals surface area contributed by atoms with Gasteiger partial charge in [0.1, 0.15) is 12.1 Å². The highest BCUT2D eigenvalue weighted by atomic mass is 16.6. The Hall–Kier alpha value is -1.08. The summed E-state index contributed by atoms with van der Waals surface area (Å²) in [6, 6.07) is -0.475. The van der Waals surface area contributed by atoms with Crippen molar-refractivity contribution < 1.29 is 18.9 Å². The number of carbonyl (C=O) groups is 2. The van der Waals surface area contributed by atoms with Crippen molar-refractivity contribution in [1.82, 2.24) is 10.6 Å². The molecule has 0 aromatic rings. The van der Waals surface area contributed by atoms with Gasteiger partial charge in [-0.2, -0.15) is 0 Å². The molecule has 0 spiro atoms. The van der Waals surface area contributed by atoms with Crippen LogP contribution in [-0.4, -0.2) is 44.8 Å². The zero-order chi connectivity index (χ0) is 12.1. The van der Waals surface area contributed by atoms with Crippen LogP contribution in [0.1, 0.15) is 25.7 Å². The van der Waals surface area contributed by atoms with Crippen LogP contribution in [0.15, 0.2) is 0 Å². The molecular weight excluding hydrogens is 223 g/mol. The van der Waals surface area contributed by atoms with Crippen molar-refractivity contribution in [3.05, 3.63) is 0 Å². The van der Waals surface area contributed by atoms with Crippen LogP contribution < -0.4 is 10.6 Å². The van der Waals surface area contributed by atoms with E-state index < -0.39 is 0 Å². The lowest BCUT2D eigenvalue weighted by Gasteiger charge is -2.12. The van der Waals surface area contributed by atoms with Crippen LogP contribution in [0.25, 0.3) is 0 Å². The smallest absolute Gasteiger partial charge is 0.501 e. The molecule has 6 nitrogen and oxygen atoms in total. The first-order chi connectivity index (χ1) is 8.27. The van der Waals surface area contributed by atoms with E-state index in [-0.39, 0.29) is 31.7 Å². The zero-order valence-electron chi connectivity index (χ0n) is 9.74. The quantitative estimate of drug-likeness (QED) is 0.604. The average molecular weight is 240 g/mol. The molecule has 0 unspecified atom stereocenters. The van der Waals surface area contributed by atoms with E-state index in [2.05, 4.69) is 10.6 Å². The maximum absolute atomic E-state index is 11.5. The van der Waals surface area contributed by atoms with Crippen LogP contribution in [0.2, 0.25) is 0 Å². The molecule has 17 heavy (non-hydrogen) atoms. The topological polar surface area (TPSA) is 76.7 Å². The summed E-state index contributed by atoms with van der Waals surface area (Å²) in [5, 5.41) is 6.04. The third-order valence-corrected chi connectivity index (χ3v) is 3.09. The van der Waals surface area contributed by atoms with E-state index in [0.717, 1.165) is 38.8 Å². The Morgan fingerprint density at radius 2 is 1.41 bits per heavy atom. The van der Waals surface area contributed by atoms with Gasteiger partial charge in [-0.15, -0.1) is 0 Å². The minimum atomic E-state index is -0.338. The fourth-order valence-electron chi connectivity index (χ4n) is 2.12. The van der Waals surface area contributed by atoms with E-state index in [1.54, 1.807) is 0 Å². The highest BCUT2D eigenvalue weighted by molar-refractivity contribution is 6.26. The normalized spacial score (nSPS) is 27.8. The first kappa shape index (κ1) is 12.4. The lowest BCUT2D eigenvalue weighted by atomic mass is 10.2. The van der Waals surface area contributed by atoms with Crippen LogP contribution in [0.4, 0.5) is 0 Å². The maximum atomic E-state index is 11.5. The highest BCUT2D eigenvalue weighted by Gasteiger charge is 2.26. The second-order valence-corrected chi connectivity index (χ2v) is 4.34. The van der Waals surface area contributed by atoms with Crippen molar-refractivity contribution in [3.8, 4) is 0 Å². The molecule has 2 aliphatic rings. The monoisotopic (exact) mass is 240 g/mol. The minimum Gasteiger partial charge on any atom is -0.501 e. The van der Waals surface area contributed by atoms with Gasteiger partial charge in [-0.25, -0.2) is 0 Å². The van der Waals surface area contributed by atoms with Crippen LogP contribution in [0, 0.1) is 0 Å². The zero-order valence-corrected chi connectivity index (χ0v) is 9.74. The summed E-state index contributed by atoms with van der Waals surface area (Å²) in [7, 11) is -0.284. The number of hydrogen-bond donors (Lipinski definition) is 2. The summed E-state index contributed by atoms with van der Waals surface area (Å²) in [6.45, 7) is 1.68. The van der Waals surface area contributed by atoms with Gasteiger partial charge in [0.15, 0.2) is 0 Å². The summed E-state index contributed by atoms with van der Waals surface area (Å²) < 4.78 is 9.77. The minimum absolute atomic E-state index is 0.238. The second kappa shape index (κ2) is 6.02. The molecule has 2 N–H and O–H groups in total. The molecule has 2 fully saturated rings. The summed E-state index contributed by atoms with van der Waals surface area (Å²) in [6.07, 6.45) is 3.53. The third-order valence-electron chi connectivity index (χ3n) is 3.09. The van der Waals surface area contributed by atoms with Crippen LogP contribution in [0.3, 0.4) is 0 Å². The summed E-state index contributed by atoms with van der Waals surface area (Å²) in [5.74, 6) is -0.677. The average Bonchev–Trinajstić information content (AvgIpc) is 3.02.